The van der Waals surface area contributed by atoms with Crippen molar-refractivity contribution in [1.82, 2.24) is 10.4 Å². The van der Waals surface area contributed by atoms with Crippen LogP contribution in [0.15, 0.2) is 30.3 Å². The van der Waals surface area contributed by atoms with Gasteiger partial charge >= 0.3 is 6.09 Å². The van der Waals surface area contributed by atoms with Crippen LogP contribution in [0.25, 0.3) is 6.08 Å². The normalized spacial score (nSPS) is 19.2. The van der Waals surface area contributed by atoms with E-state index in [2.05, 4.69) is 11.0 Å². The molecular formula is C23H33N3O4. The van der Waals surface area contributed by atoms with E-state index in [1.165, 1.54) is 6.08 Å². The Morgan fingerprint density at radius 2 is 1.83 bits per heavy atom. The van der Waals surface area contributed by atoms with Crippen LogP contribution in [0, 0.1) is 5.41 Å². The first-order chi connectivity index (χ1) is 14.2. The summed E-state index contributed by atoms with van der Waals surface area (Å²) in [6, 6.07) is 7.95. The molecule has 2 aliphatic rings. The topological polar surface area (TPSA) is 82.1 Å². The molecule has 2 aliphatic heterocycles. The number of hydrogen-bond acceptors (Lipinski definition) is 5. The Hall–Kier alpha value is -2.54. The van der Waals surface area contributed by atoms with E-state index in [0.717, 1.165) is 63.1 Å². The number of hydroxylamine groups is 1. The maximum Gasteiger partial charge on any atom is 0.410 e. The summed E-state index contributed by atoms with van der Waals surface area (Å²) in [6.07, 6.45) is 7.01. The highest BCUT2D eigenvalue weighted by Gasteiger charge is 2.40. The fraction of sp³-hybridized carbons (Fsp3) is 0.565. The fourth-order valence-corrected chi connectivity index (χ4v) is 4.44. The number of piperidine rings is 2. The van der Waals surface area contributed by atoms with Crippen molar-refractivity contribution in [3.63, 3.8) is 0 Å². The van der Waals surface area contributed by atoms with E-state index in [4.69, 9.17) is 9.94 Å². The highest BCUT2D eigenvalue weighted by Crippen LogP contribution is 2.41. The molecule has 164 valence electrons. The Labute approximate surface area is 178 Å². The van der Waals surface area contributed by atoms with Gasteiger partial charge in [-0.15, -0.1) is 0 Å². The van der Waals surface area contributed by atoms with Gasteiger partial charge < -0.3 is 14.5 Å². The predicted molar refractivity (Wildman–Crippen MR) is 116 cm³/mol. The van der Waals surface area contributed by atoms with Crippen molar-refractivity contribution in [2.75, 3.05) is 31.1 Å². The van der Waals surface area contributed by atoms with E-state index in [9.17, 15) is 9.59 Å². The second kappa shape index (κ2) is 9.08. The molecule has 0 bridgehead atoms. The van der Waals surface area contributed by atoms with Gasteiger partial charge in [0, 0.05) is 37.9 Å². The van der Waals surface area contributed by atoms with Gasteiger partial charge in [-0.3, -0.25) is 10.0 Å². The van der Waals surface area contributed by atoms with E-state index in [-0.39, 0.29) is 11.5 Å². The predicted octanol–water partition coefficient (Wildman–Crippen LogP) is 3.82. The number of hydrogen-bond donors (Lipinski definition) is 2. The molecule has 2 saturated heterocycles. The van der Waals surface area contributed by atoms with Gasteiger partial charge in [0.2, 0.25) is 0 Å². The molecule has 2 N–H and O–H groups in total. The number of para-hydroxylation sites is 1. The molecule has 0 unspecified atom stereocenters. The Kier molecular flexibility index (Phi) is 6.71. The van der Waals surface area contributed by atoms with Crippen LogP contribution < -0.4 is 10.4 Å². The average molecular weight is 416 g/mol. The number of amides is 2. The molecule has 1 aromatic rings. The average Bonchev–Trinajstić information content (AvgIpc) is 2.72. The van der Waals surface area contributed by atoms with Crippen LogP contribution in [0.4, 0.5) is 10.5 Å². The number of likely N-dealkylation sites (tertiary alicyclic amines) is 1. The minimum atomic E-state index is -0.549. The number of anilines is 1. The molecule has 30 heavy (non-hydrogen) atoms. The lowest BCUT2D eigenvalue weighted by atomic mass is 9.72. The number of carbonyl (C=O) groups excluding carboxylic acids is 2. The van der Waals surface area contributed by atoms with Crippen molar-refractivity contribution in [2.45, 2.75) is 52.1 Å². The summed E-state index contributed by atoms with van der Waals surface area (Å²) in [5.41, 5.74) is 3.31. The van der Waals surface area contributed by atoms with E-state index >= 15 is 0 Å². The highest BCUT2D eigenvalue weighted by atomic mass is 16.6. The van der Waals surface area contributed by atoms with Gasteiger partial charge in [0.1, 0.15) is 5.60 Å². The number of carbonyl (C=O) groups is 2. The minimum Gasteiger partial charge on any atom is -0.444 e. The summed E-state index contributed by atoms with van der Waals surface area (Å²) in [5, 5.41) is 8.70. The van der Waals surface area contributed by atoms with Gasteiger partial charge in [-0.1, -0.05) is 18.2 Å². The monoisotopic (exact) mass is 415 g/mol. The van der Waals surface area contributed by atoms with Crippen LogP contribution >= 0.6 is 0 Å². The van der Waals surface area contributed by atoms with E-state index in [1.54, 1.807) is 11.6 Å². The molecule has 2 fully saturated rings. The maximum absolute atomic E-state index is 12.6. The lowest BCUT2D eigenvalue weighted by Crippen LogP contribution is -2.52. The molecule has 0 aliphatic carbocycles. The van der Waals surface area contributed by atoms with Crippen molar-refractivity contribution in [2.24, 2.45) is 5.41 Å². The Morgan fingerprint density at radius 1 is 1.13 bits per heavy atom. The maximum atomic E-state index is 12.6. The Balaban J connectivity index is 1.65. The fourth-order valence-electron chi connectivity index (χ4n) is 4.44. The number of nitrogens with one attached hydrogen (secondary N) is 1. The van der Waals surface area contributed by atoms with Crippen LogP contribution in [0.2, 0.25) is 0 Å². The van der Waals surface area contributed by atoms with Gasteiger partial charge in [-0.25, -0.2) is 10.3 Å². The molecule has 7 heteroatoms. The van der Waals surface area contributed by atoms with Crippen molar-refractivity contribution < 1.29 is 19.5 Å². The van der Waals surface area contributed by atoms with Crippen LogP contribution in [-0.2, 0) is 9.53 Å². The minimum absolute atomic E-state index is 0.146. The molecule has 3 rings (SSSR count). The summed E-state index contributed by atoms with van der Waals surface area (Å²) in [7, 11) is 0. The Bertz CT molecular complexity index is 792. The quantitative estimate of drug-likeness (QED) is 0.446. The zero-order valence-corrected chi connectivity index (χ0v) is 18.2. The number of nitrogens with zero attached hydrogens (tertiary/aromatic N) is 2. The second-order valence-corrected chi connectivity index (χ2v) is 9.36. The molecular weight excluding hydrogens is 382 g/mol. The largest absolute Gasteiger partial charge is 0.444 e. The smallest absolute Gasteiger partial charge is 0.410 e. The molecule has 2 amide bonds. The van der Waals surface area contributed by atoms with Crippen molar-refractivity contribution in [3.8, 4) is 0 Å². The SMILES string of the molecule is CC(C)(C)OC(=O)N1CCCC2(CCN(c3ccccc3/C=C/C(=O)NO)CC2)C1. The summed E-state index contributed by atoms with van der Waals surface area (Å²) in [6.45, 7) is 9.03. The van der Waals surface area contributed by atoms with Crippen molar-refractivity contribution in [1.29, 1.82) is 0 Å². The van der Waals surface area contributed by atoms with Crippen molar-refractivity contribution in [3.05, 3.63) is 35.9 Å². The summed E-state index contributed by atoms with van der Waals surface area (Å²) in [4.78, 5) is 28.1. The third kappa shape index (κ3) is 5.53. The number of benzene rings is 1. The second-order valence-electron chi connectivity index (χ2n) is 9.36. The van der Waals surface area contributed by atoms with Crippen LogP contribution in [0.1, 0.15) is 52.0 Å². The van der Waals surface area contributed by atoms with E-state index < -0.39 is 11.5 Å². The molecule has 2 heterocycles. The van der Waals surface area contributed by atoms with Crippen LogP contribution in [0.5, 0.6) is 0 Å². The Morgan fingerprint density at radius 3 is 2.50 bits per heavy atom. The standard InChI is InChI=1S/C23H33N3O4/c1-22(2,3)30-21(28)26-14-6-11-23(17-26)12-15-25(16-13-23)19-8-5-4-7-18(19)9-10-20(27)24-29/h4-5,7-10,29H,6,11-17H2,1-3H3,(H,24,27)/b10-9+. The van der Waals surface area contributed by atoms with Crippen LogP contribution in [-0.4, -0.2) is 53.9 Å². The summed E-state index contributed by atoms with van der Waals surface area (Å²) in [5.74, 6) is -0.549. The van der Waals surface area contributed by atoms with Crippen molar-refractivity contribution >= 4 is 23.8 Å². The first-order valence-electron chi connectivity index (χ1n) is 10.7. The van der Waals surface area contributed by atoms with Gasteiger partial charge in [0.15, 0.2) is 0 Å². The molecule has 0 aromatic heterocycles. The first kappa shape index (κ1) is 22.2. The van der Waals surface area contributed by atoms with E-state index in [1.807, 2.05) is 43.9 Å². The molecule has 0 atom stereocenters. The summed E-state index contributed by atoms with van der Waals surface area (Å²) >= 11 is 0. The lowest BCUT2D eigenvalue weighted by Gasteiger charge is -2.48. The number of ether oxygens (including phenoxy) is 1. The zero-order chi connectivity index (χ0) is 21.8. The zero-order valence-electron chi connectivity index (χ0n) is 18.2. The molecule has 1 spiro atoms. The number of rotatable bonds is 3. The van der Waals surface area contributed by atoms with E-state index in [0.29, 0.717) is 0 Å². The lowest BCUT2D eigenvalue weighted by molar-refractivity contribution is -0.124. The molecule has 7 nitrogen and oxygen atoms in total. The van der Waals surface area contributed by atoms with Gasteiger partial charge in [0.25, 0.3) is 5.91 Å². The summed E-state index contributed by atoms with van der Waals surface area (Å²) < 4.78 is 5.59. The third-order valence-electron chi connectivity index (χ3n) is 5.94. The van der Waals surface area contributed by atoms with Crippen LogP contribution in [0.3, 0.4) is 0 Å². The molecule has 0 radical (unpaired) electrons. The first-order valence-corrected chi connectivity index (χ1v) is 10.7. The third-order valence-corrected chi connectivity index (χ3v) is 5.94. The van der Waals surface area contributed by atoms with Gasteiger partial charge in [-0.05, 0) is 69.6 Å². The van der Waals surface area contributed by atoms with Gasteiger partial charge in [-0.2, -0.15) is 0 Å². The molecule has 0 saturated carbocycles. The van der Waals surface area contributed by atoms with Gasteiger partial charge in [0.05, 0.1) is 0 Å². The molecule has 1 aromatic carbocycles. The highest BCUT2D eigenvalue weighted by molar-refractivity contribution is 5.91.